The van der Waals surface area contributed by atoms with Crippen molar-refractivity contribution in [3.63, 3.8) is 0 Å². The standard InChI is InChI=1S/C10H18N4/c1-9(8-11)4-2-5-12-10-13-6-3-7-14-10/h3,6-7,9H,2,4-5,8,11H2,1H3,(H,12,13,14). The van der Waals surface area contributed by atoms with E-state index in [1.807, 2.05) is 6.07 Å². The van der Waals surface area contributed by atoms with Crippen LogP contribution in [0.3, 0.4) is 0 Å². The Balaban J connectivity index is 2.10. The van der Waals surface area contributed by atoms with E-state index < -0.39 is 0 Å². The Morgan fingerprint density at radius 2 is 2.14 bits per heavy atom. The molecule has 0 amide bonds. The Hall–Kier alpha value is -1.16. The Morgan fingerprint density at radius 1 is 1.43 bits per heavy atom. The van der Waals surface area contributed by atoms with Gasteiger partial charge in [-0.05, 0) is 31.4 Å². The third kappa shape index (κ3) is 4.18. The predicted octanol–water partition coefficient (Wildman–Crippen LogP) is 1.26. The van der Waals surface area contributed by atoms with Crippen LogP contribution in [0.15, 0.2) is 18.5 Å². The molecule has 14 heavy (non-hydrogen) atoms. The minimum atomic E-state index is 0.605. The first-order chi connectivity index (χ1) is 6.83. The van der Waals surface area contributed by atoms with Gasteiger partial charge in [0.2, 0.25) is 5.95 Å². The van der Waals surface area contributed by atoms with Crippen LogP contribution in [-0.4, -0.2) is 23.1 Å². The van der Waals surface area contributed by atoms with E-state index in [1.54, 1.807) is 12.4 Å². The van der Waals surface area contributed by atoms with Gasteiger partial charge in [0.25, 0.3) is 0 Å². The van der Waals surface area contributed by atoms with Crippen LogP contribution in [-0.2, 0) is 0 Å². The molecule has 1 atom stereocenters. The van der Waals surface area contributed by atoms with Gasteiger partial charge in [-0.15, -0.1) is 0 Å². The number of nitrogens with two attached hydrogens (primary N) is 1. The van der Waals surface area contributed by atoms with Crippen LogP contribution in [0.2, 0.25) is 0 Å². The van der Waals surface area contributed by atoms with Crippen molar-refractivity contribution < 1.29 is 0 Å². The first-order valence-corrected chi connectivity index (χ1v) is 5.04. The number of rotatable bonds is 6. The maximum atomic E-state index is 5.52. The van der Waals surface area contributed by atoms with Crippen molar-refractivity contribution in [3.05, 3.63) is 18.5 Å². The largest absolute Gasteiger partial charge is 0.354 e. The Kier molecular flexibility index (Phi) is 4.93. The summed E-state index contributed by atoms with van der Waals surface area (Å²) in [5.74, 6) is 1.31. The predicted molar refractivity (Wildman–Crippen MR) is 58.0 cm³/mol. The normalized spacial score (nSPS) is 12.4. The second-order valence-corrected chi connectivity index (χ2v) is 3.48. The Bertz CT molecular complexity index is 237. The van der Waals surface area contributed by atoms with E-state index in [0.717, 1.165) is 25.9 Å². The average Bonchev–Trinajstić information content (AvgIpc) is 2.25. The molecule has 0 saturated heterocycles. The number of aromatic nitrogens is 2. The fourth-order valence-corrected chi connectivity index (χ4v) is 1.16. The lowest BCUT2D eigenvalue weighted by Crippen LogP contribution is -2.12. The van der Waals surface area contributed by atoms with E-state index in [4.69, 9.17) is 5.73 Å². The summed E-state index contributed by atoms with van der Waals surface area (Å²) >= 11 is 0. The molecule has 1 unspecified atom stereocenters. The van der Waals surface area contributed by atoms with Gasteiger partial charge in [-0.3, -0.25) is 0 Å². The molecule has 1 aromatic heterocycles. The Labute approximate surface area is 85.0 Å². The zero-order valence-electron chi connectivity index (χ0n) is 8.61. The second-order valence-electron chi connectivity index (χ2n) is 3.48. The van der Waals surface area contributed by atoms with E-state index in [9.17, 15) is 0 Å². The molecule has 4 heteroatoms. The summed E-state index contributed by atoms with van der Waals surface area (Å²) in [6.45, 7) is 3.84. The van der Waals surface area contributed by atoms with E-state index in [2.05, 4.69) is 22.2 Å². The van der Waals surface area contributed by atoms with Gasteiger partial charge >= 0.3 is 0 Å². The van der Waals surface area contributed by atoms with Gasteiger partial charge in [-0.2, -0.15) is 0 Å². The molecule has 1 rings (SSSR count). The lowest BCUT2D eigenvalue weighted by atomic mass is 10.1. The average molecular weight is 194 g/mol. The lowest BCUT2D eigenvalue weighted by molar-refractivity contribution is 0.529. The molecule has 0 radical (unpaired) electrons. The van der Waals surface area contributed by atoms with Gasteiger partial charge in [-0.1, -0.05) is 6.92 Å². The summed E-state index contributed by atoms with van der Waals surface area (Å²) < 4.78 is 0. The van der Waals surface area contributed by atoms with Crippen molar-refractivity contribution in [3.8, 4) is 0 Å². The van der Waals surface area contributed by atoms with Gasteiger partial charge < -0.3 is 11.1 Å². The molecule has 78 valence electrons. The van der Waals surface area contributed by atoms with Gasteiger partial charge in [0.05, 0.1) is 0 Å². The summed E-state index contributed by atoms with van der Waals surface area (Å²) in [6.07, 6.45) is 5.72. The van der Waals surface area contributed by atoms with E-state index in [-0.39, 0.29) is 0 Å². The third-order valence-corrected chi connectivity index (χ3v) is 2.12. The summed E-state index contributed by atoms with van der Waals surface area (Å²) in [5.41, 5.74) is 5.52. The second kappa shape index (κ2) is 6.32. The summed E-state index contributed by atoms with van der Waals surface area (Å²) in [4.78, 5) is 8.14. The summed E-state index contributed by atoms with van der Waals surface area (Å²) in [5, 5.41) is 3.16. The van der Waals surface area contributed by atoms with E-state index in [0.29, 0.717) is 11.9 Å². The number of nitrogens with one attached hydrogen (secondary N) is 1. The van der Waals surface area contributed by atoms with Crippen molar-refractivity contribution in [1.82, 2.24) is 9.97 Å². The zero-order valence-corrected chi connectivity index (χ0v) is 8.61. The fourth-order valence-electron chi connectivity index (χ4n) is 1.16. The Morgan fingerprint density at radius 3 is 2.79 bits per heavy atom. The SMILES string of the molecule is CC(CN)CCCNc1ncccn1. The molecule has 3 N–H and O–H groups in total. The van der Waals surface area contributed by atoms with Crippen molar-refractivity contribution in [1.29, 1.82) is 0 Å². The molecule has 0 aliphatic rings. The minimum absolute atomic E-state index is 0.605. The minimum Gasteiger partial charge on any atom is -0.354 e. The monoisotopic (exact) mass is 194 g/mol. The van der Waals surface area contributed by atoms with Gasteiger partial charge in [0.15, 0.2) is 0 Å². The van der Waals surface area contributed by atoms with Crippen LogP contribution >= 0.6 is 0 Å². The molecule has 0 aromatic carbocycles. The van der Waals surface area contributed by atoms with Crippen LogP contribution in [0.4, 0.5) is 5.95 Å². The molecule has 0 spiro atoms. The highest BCUT2D eigenvalue weighted by Gasteiger charge is 1.98. The van der Waals surface area contributed by atoms with Crippen LogP contribution in [0.5, 0.6) is 0 Å². The van der Waals surface area contributed by atoms with Gasteiger partial charge in [-0.25, -0.2) is 9.97 Å². The van der Waals surface area contributed by atoms with Crippen molar-refractivity contribution >= 4 is 5.95 Å². The van der Waals surface area contributed by atoms with E-state index in [1.165, 1.54) is 0 Å². The molecular weight excluding hydrogens is 176 g/mol. The van der Waals surface area contributed by atoms with Gasteiger partial charge in [0.1, 0.15) is 0 Å². The maximum absolute atomic E-state index is 5.52. The maximum Gasteiger partial charge on any atom is 0.222 e. The number of hydrogen-bond acceptors (Lipinski definition) is 4. The smallest absolute Gasteiger partial charge is 0.222 e. The van der Waals surface area contributed by atoms with Crippen LogP contribution in [0, 0.1) is 5.92 Å². The molecule has 0 aliphatic heterocycles. The van der Waals surface area contributed by atoms with Crippen molar-refractivity contribution in [2.75, 3.05) is 18.4 Å². The third-order valence-electron chi connectivity index (χ3n) is 2.12. The van der Waals surface area contributed by atoms with Crippen molar-refractivity contribution in [2.24, 2.45) is 11.7 Å². The van der Waals surface area contributed by atoms with Crippen molar-refractivity contribution in [2.45, 2.75) is 19.8 Å². The highest BCUT2D eigenvalue weighted by atomic mass is 15.1. The van der Waals surface area contributed by atoms with E-state index >= 15 is 0 Å². The highest BCUT2D eigenvalue weighted by molar-refractivity contribution is 5.21. The van der Waals surface area contributed by atoms with Crippen LogP contribution in [0.1, 0.15) is 19.8 Å². The fraction of sp³-hybridized carbons (Fsp3) is 0.600. The number of anilines is 1. The highest BCUT2D eigenvalue weighted by Crippen LogP contribution is 2.03. The molecule has 0 bridgehead atoms. The van der Waals surface area contributed by atoms with Gasteiger partial charge in [0, 0.05) is 18.9 Å². The molecule has 1 heterocycles. The molecule has 1 aromatic rings. The van der Waals surface area contributed by atoms with Crippen LogP contribution in [0.25, 0.3) is 0 Å². The molecule has 0 aliphatic carbocycles. The molecular formula is C10H18N4. The van der Waals surface area contributed by atoms with Crippen LogP contribution < -0.4 is 11.1 Å². The zero-order chi connectivity index (χ0) is 10.2. The first kappa shape index (κ1) is 10.9. The molecule has 4 nitrogen and oxygen atoms in total. The first-order valence-electron chi connectivity index (χ1n) is 5.04. The topological polar surface area (TPSA) is 63.8 Å². The lowest BCUT2D eigenvalue weighted by Gasteiger charge is -2.08. The molecule has 0 saturated carbocycles. The molecule has 0 fully saturated rings. The summed E-state index contributed by atoms with van der Waals surface area (Å²) in [6, 6.07) is 1.81. The quantitative estimate of drug-likeness (QED) is 0.669. The summed E-state index contributed by atoms with van der Waals surface area (Å²) in [7, 11) is 0. The number of nitrogens with zero attached hydrogens (tertiary/aromatic N) is 2. The number of hydrogen-bond donors (Lipinski definition) is 2.